The van der Waals surface area contributed by atoms with Gasteiger partial charge in [0.2, 0.25) is 0 Å². The molecule has 0 spiro atoms. The van der Waals surface area contributed by atoms with Crippen LogP contribution in [-0.4, -0.2) is 50.8 Å². The van der Waals surface area contributed by atoms with Gasteiger partial charge < -0.3 is 9.47 Å². The zero-order valence-electron chi connectivity index (χ0n) is 9.49. The van der Waals surface area contributed by atoms with E-state index in [0.29, 0.717) is 0 Å². The molecule has 0 radical (unpaired) electrons. The van der Waals surface area contributed by atoms with E-state index in [4.69, 9.17) is 9.47 Å². The molecule has 0 aromatic carbocycles. The zero-order chi connectivity index (χ0) is 11.1. The van der Waals surface area contributed by atoms with Crippen molar-refractivity contribution in [3.63, 3.8) is 0 Å². The Hall–Kier alpha value is -0.870. The van der Waals surface area contributed by atoms with Crippen LogP contribution < -0.4 is 0 Å². The van der Waals surface area contributed by atoms with Gasteiger partial charge in [-0.2, -0.15) is 0 Å². The lowest BCUT2D eigenvalue weighted by molar-refractivity contribution is -0.136. The summed E-state index contributed by atoms with van der Waals surface area (Å²) < 4.78 is 9.94. The van der Waals surface area contributed by atoms with Crippen LogP contribution in [0.25, 0.3) is 0 Å². The lowest BCUT2D eigenvalue weighted by Crippen LogP contribution is -2.36. The molecule has 4 heteroatoms. The molecule has 0 saturated carbocycles. The molecule has 15 heavy (non-hydrogen) atoms. The Kier molecular flexibility index (Phi) is 5.36. The van der Waals surface area contributed by atoms with E-state index in [0.717, 1.165) is 44.8 Å². The maximum Gasteiger partial charge on any atom is 0.333 e. The molecule has 0 bridgehead atoms. The van der Waals surface area contributed by atoms with Crippen LogP contribution in [0.15, 0.2) is 11.6 Å². The summed E-state index contributed by atoms with van der Waals surface area (Å²) in [6, 6.07) is 0. The predicted octanol–water partition coefficient (Wildman–Crippen LogP) is 0.828. The van der Waals surface area contributed by atoms with E-state index in [9.17, 15) is 4.79 Å². The molecule has 86 valence electrons. The third-order valence-electron chi connectivity index (χ3n) is 2.53. The molecule has 1 rings (SSSR count). The SMILES string of the molecule is CCC(=CCN1CCOCC1)C(=O)OC. The topological polar surface area (TPSA) is 38.8 Å². The second-order valence-electron chi connectivity index (χ2n) is 3.49. The minimum atomic E-state index is -0.217. The Morgan fingerprint density at radius 2 is 2.13 bits per heavy atom. The third-order valence-corrected chi connectivity index (χ3v) is 2.53. The Morgan fingerprint density at radius 3 is 2.67 bits per heavy atom. The van der Waals surface area contributed by atoms with Crippen LogP contribution in [0.2, 0.25) is 0 Å². The van der Waals surface area contributed by atoms with Crippen molar-refractivity contribution in [1.82, 2.24) is 4.90 Å². The highest BCUT2D eigenvalue weighted by Crippen LogP contribution is 2.04. The Labute approximate surface area is 90.8 Å². The van der Waals surface area contributed by atoms with Gasteiger partial charge in [0.15, 0.2) is 0 Å². The summed E-state index contributed by atoms with van der Waals surface area (Å²) in [5.74, 6) is -0.217. The highest BCUT2D eigenvalue weighted by Gasteiger charge is 2.11. The molecule has 1 aliphatic rings. The van der Waals surface area contributed by atoms with E-state index in [1.165, 1.54) is 7.11 Å². The second-order valence-corrected chi connectivity index (χ2v) is 3.49. The highest BCUT2D eigenvalue weighted by molar-refractivity contribution is 5.88. The minimum absolute atomic E-state index is 0.217. The van der Waals surface area contributed by atoms with Crippen LogP contribution in [0.5, 0.6) is 0 Å². The first kappa shape index (κ1) is 12.2. The molecule has 1 aliphatic heterocycles. The first-order chi connectivity index (χ1) is 7.27. The summed E-state index contributed by atoms with van der Waals surface area (Å²) in [5, 5.41) is 0. The van der Waals surface area contributed by atoms with Gasteiger partial charge in [0.1, 0.15) is 0 Å². The first-order valence-electron chi connectivity index (χ1n) is 5.35. The normalized spacial score (nSPS) is 18.9. The number of carbonyl (C=O) groups excluding carboxylic acids is 1. The molecule has 0 unspecified atom stereocenters. The van der Waals surface area contributed by atoms with Crippen LogP contribution in [0.4, 0.5) is 0 Å². The summed E-state index contributed by atoms with van der Waals surface area (Å²) in [6.45, 7) is 6.22. The molecule has 0 atom stereocenters. The Morgan fingerprint density at radius 1 is 1.47 bits per heavy atom. The van der Waals surface area contributed by atoms with E-state index < -0.39 is 0 Å². The molecule has 0 aliphatic carbocycles. The number of methoxy groups -OCH3 is 1. The van der Waals surface area contributed by atoms with Crippen molar-refractivity contribution in [2.75, 3.05) is 40.0 Å². The summed E-state index contributed by atoms with van der Waals surface area (Å²) >= 11 is 0. The number of morpholine rings is 1. The maximum atomic E-state index is 11.3. The van der Waals surface area contributed by atoms with Crippen molar-refractivity contribution < 1.29 is 14.3 Å². The van der Waals surface area contributed by atoms with E-state index in [1.807, 2.05) is 13.0 Å². The highest BCUT2D eigenvalue weighted by atomic mass is 16.5. The summed E-state index contributed by atoms with van der Waals surface area (Å²) in [5.41, 5.74) is 0.754. The van der Waals surface area contributed by atoms with Gasteiger partial charge in [-0.15, -0.1) is 0 Å². The average Bonchev–Trinajstić information content (AvgIpc) is 2.31. The third kappa shape index (κ3) is 4.01. The molecule has 4 nitrogen and oxygen atoms in total. The van der Waals surface area contributed by atoms with E-state index in [-0.39, 0.29) is 5.97 Å². The van der Waals surface area contributed by atoms with Crippen LogP contribution in [0.3, 0.4) is 0 Å². The van der Waals surface area contributed by atoms with Gasteiger partial charge in [-0.1, -0.05) is 13.0 Å². The molecular weight excluding hydrogens is 194 g/mol. The molecule has 0 aromatic rings. The zero-order valence-corrected chi connectivity index (χ0v) is 9.49. The molecule has 1 fully saturated rings. The second kappa shape index (κ2) is 6.58. The quantitative estimate of drug-likeness (QED) is 0.512. The molecule has 1 saturated heterocycles. The molecule has 0 N–H and O–H groups in total. The van der Waals surface area contributed by atoms with Crippen molar-refractivity contribution in [3.8, 4) is 0 Å². The van der Waals surface area contributed by atoms with Gasteiger partial charge in [0.05, 0.1) is 20.3 Å². The molecular formula is C11H19NO3. The van der Waals surface area contributed by atoms with Crippen LogP contribution in [0, 0.1) is 0 Å². The van der Waals surface area contributed by atoms with Crippen molar-refractivity contribution in [2.24, 2.45) is 0 Å². The van der Waals surface area contributed by atoms with E-state index >= 15 is 0 Å². The summed E-state index contributed by atoms with van der Waals surface area (Å²) in [4.78, 5) is 13.5. The number of ether oxygens (including phenoxy) is 2. The fourth-order valence-electron chi connectivity index (χ4n) is 1.53. The molecule has 0 aromatic heterocycles. The predicted molar refractivity (Wildman–Crippen MR) is 57.6 cm³/mol. The summed E-state index contributed by atoms with van der Waals surface area (Å²) in [7, 11) is 1.42. The van der Waals surface area contributed by atoms with Gasteiger partial charge in [0.25, 0.3) is 0 Å². The van der Waals surface area contributed by atoms with Gasteiger partial charge >= 0.3 is 5.97 Å². The maximum absolute atomic E-state index is 11.3. The Bertz CT molecular complexity index is 232. The Balaban J connectivity index is 2.41. The number of rotatable bonds is 4. The lowest BCUT2D eigenvalue weighted by atomic mass is 10.2. The van der Waals surface area contributed by atoms with Gasteiger partial charge in [-0.3, -0.25) is 4.90 Å². The van der Waals surface area contributed by atoms with Gasteiger partial charge in [0, 0.05) is 25.2 Å². The number of hydrogen-bond donors (Lipinski definition) is 0. The van der Waals surface area contributed by atoms with Crippen molar-refractivity contribution >= 4 is 5.97 Å². The van der Waals surface area contributed by atoms with Crippen molar-refractivity contribution in [3.05, 3.63) is 11.6 Å². The number of esters is 1. The smallest absolute Gasteiger partial charge is 0.333 e. The van der Waals surface area contributed by atoms with Crippen LogP contribution in [-0.2, 0) is 14.3 Å². The first-order valence-corrected chi connectivity index (χ1v) is 5.35. The monoisotopic (exact) mass is 213 g/mol. The van der Waals surface area contributed by atoms with Crippen molar-refractivity contribution in [2.45, 2.75) is 13.3 Å². The van der Waals surface area contributed by atoms with Crippen LogP contribution >= 0.6 is 0 Å². The average molecular weight is 213 g/mol. The van der Waals surface area contributed by atoms with Crippen LogP contribution in [0.1, 0.15) is 13.3 Å². The van der Waals surface area contributed by atoms with E-state index in [2.05, 4.69) is 4.90 Å². The molecule has 1 heterocycles. The lowest BCUT2D eigenvalue weighted by Gasteiger charge is -2.25. The number of hydrogen-bond acceptors (Lipinski definition) is 4. The minimum Gasteiger partial charge on any atom is -0.466 e. The summed E-state index contributed by atoms with van der Waals surface area (Å²) in [6.07, 6.45) is 2.67. The van der Waals surface area contributed by atoms with E-state index in [1.54, 1.807) is 0 Å². The fourth-order valence-corrected chi connectivity index (χ4v) is 1.53. The number of nitrogens with zero attached hydrogens (tertiary/aromatic N) is 1. The van der Waals surface area contributed by atoms with Crippen molar-refractivity contribution in [1.29, 1.82) is 0 Å². The molecule has 0 amide bonds. The van der Waals surface area contributed by atoms with Gasteiger partial charge in [-0.05, 0) is 6.42 Å². The number of carbonyl (C=O) groups is 1. The largest absolute Gasteiger partial charge is 0.466 e. The standard InChI is InChI=1S/C11H19NO3/c1-3-10(11(13)14-2)4-5-12-6-8-15-9-7-12/h4H,3,5-9H2,1-2H3. The van der Waals surface area contributed by atoms with Gasteiger partial charge in [-0.25, -0.2) is 4.79 Å². The fraction of sp³-hybridized carbons (Fsp3) is 0.727.